The fourth-order valence-electron chi connectivity index (χ4n) is 2.97. The minimum Gasteiger partial charge on any atom is -0.481 e. The van der Waals surface area contributed by atoms with E-state index in [1.54, 1.807) is 0 Å². The Morgan fingerprint density at radius 3 is 2.40 bits per heavy atom. The van der Waals surface area contributed by atoms with Crippen LogP contribution >= 0.6 is 0 Å². The van der Waals surface area contributed by atoms with E-state index in [9.17, 15) is 18.0 Å². The second-order valence-electron chi connectivity index (χ2n) is 5.49. The maximum Gasteiger partial charge on any atom is 0.308 e. The molecule has 0 radical (unpaired) electrons. The number of rotatable bonds is 3. The van der Waals surface area contributed by atoms with E-state index in [-0.39, 0.29) is 12.5 Å². The van der Waals surface area contributed by atoms with Crippen molar-refractivity contribution in [2.24, 2.45) is 5.92 Å². The predicted octanol–water partition coefficient (Wildman–Crippen LogP) is -0.266. The number of carbonyl (C=O) groups excluding carboxylic acids is 1. The Morgan fingerprint density at radius 1 is 1.15 bits per heavy atom. The molecule has 114 valence electrons. The van der Waals surface area contributed by atoms with Crippen molar-refractivity contribution in [2.75, 3.05) is 25.9 Å². The molecule has 2 fully saturated rings. The molecular formula is C12H20N2O5S. The molecule has 0 unspecified atom stereocenters. The highest BCUT2D eigenvalue weighted by atomic mass is 32.2. The van der Waals surface area contributed by atoms with Gasteiger partial charge < -0.3 is 10.0 Å². The molecule has 0 aromatic heterocycles. The van der Waals surface area contributed by atoms with Crippen LogP contribution in [0.5, 0.6) is 0 Å². The molecule has 0 aliphatic carbocycles. The van der Waals surface area contributed by atoms with Crippen molar-refractivity contribution in [2.45, 2.75) is 31.7 Å². The number of carboxylic acid groups (broad SMARTS) is 1. The van der Waals surface area contributed by atoms with Gasteiger partial charge in [-0.15, -0.1) is 0 Å². The number of aliphatic carboxylic acids is 1. The average molecular weight is 304 g/mol. The molecule has 1 amide bonds. The van der Waals surface area contributed by atoms with Gasteiger partial charge in [0.15, 0.2) is 0 Å². The molecule has 2 saturated heterocycles. The van der Waals surface area contributed by atoms with Crippen LogP contribution in [0.4, 0.5) is 0 Å². The van der Waals surface area contributed by atoms with Gasteiger partial charge in [0.2, 0.25) is 15.9 Å². The van der Waals surface area contributed by atoms with Crippen LogP contribution in [0, 0.1) is 5.92 Å². The third-order valence-electron chi connectivity index (χ3n) is 4.00. The molecular weight excluding hydrogens is 284 g/mol. The zero-order chi connectivity index (χ0) is 14.9. The van der Waals surface area contributed by atoms with Gasteiger partial charge in [0.25, 0.3) is 0 Å². The Morgan fingerprint density at radius 2 is 1.80 bits per heavy atom. The molecule has 2 aliphatic rings. The summed E-state index contributed by atoms with van der Waals surface area (Å²) in [5.74, 6) is -1.69. The Balaban J connectivity index is 2.09. The molecule has 0 aromatic rings. The zero-order valence-electron chi connectivity index (χ0n) is 11.5. The number of carbonyl (C=O) groups is 2. The van der Waals surface area contributed by atoms with Crippen LogP contribution in [0.1, 0.15) is 25.7 Å². The van der Waals surface area contributed by atoms with Crippen molar-refractivity contribution in [3.05, 3.63) is 0 Å². The predicted molar refractivity (Wildman–Crippen MR) is 71.5 cm³/mol. The summed E-state index contributed by atoms with van der Waals surface area (Å²) in [5.41, 5.74) is 0. The Bertz CT molecular complexity index is 504. The molecule has 7 nitrogen and oxygen atoms in total. The van der Waals surface area contributed by atoms with Crippen LogP contribution in [-0.2, 0) is 19.6 Å². The highest BCUT2D eigenvalue weighted by Crippen LogP contribution is 2.25. The van der Waals surface area contributed by atoms with Gasteiger partial charge in [0, 0.05) is 19.6 Å². The third kappa shape index (κ3) is 3.12. The monoisotopic (exact) mass is 304 g/mol. The van der Waals surface area contributed by atoms with Crippen LogP contribution in [0.2, 0.25) is 0 Å². The molecule has 0 saturated carbocycles. The molecule has 0 spiro atoms. The first-order valence-electron chi connectivity index (χ1n) is 6.79. The SMILES string of the molecule is CS(=O)(=O)N1CCC[C@H]1C(=O)N1CCC[C@@H](C(=O)O)C1. The molecule has 2 aliphatic heterocycles. The van der Waals surface area contributed by atoms with Crippen LogP contribution in [0.3, 0.4) is 0 Å². The largest absolute Gasteiger partial charge is 0.481 e. The number of hydrogen-bond acceptors (Lipinski definition) is 4. The van der Waals surface area contributed by atoms with E-state index in [1.165, 1.54) is 9.21 Å². The number of hydrogen-bond donors (Lipinski definition) is 1. The molecule has 0 aromatic carbocycles. The van der Waals surface area contributed by atoms with E-state index in [0.29, 0.717) is 38.8 Å². The lowest BCUT2D eigenvalue weighted by Gasteiger charge is -2.34. The summed E-state index contributed by atoms with van der Waals surface area (Å²) < 4.78 is 24.6. The molecule has 20 heavy (non-hydrogen) atoms. The first-order valence-corrected chi connectivity index (χ1v) is 8.64. The lowest BCUT2D eigenvalue weighted by Crippen LogP contribution is -2.51. The van der Waals surface area contributed by atoms with E-state index in [1.807, 2.05) is 0 Å². The minimum atomic E-state index is -3.40. The van der Waals surface area contributed by atoms with Crippen LogP contribution in [0.15, 0.2) is 0 Å². The van der Waals surface area contributed by atoms with Gasteiger partial charge in [-0.3, -0.25) is 9.59 Å². The maximum absolute atomic E-state index is 12.5. The van der Waals surface area contributed by atoms with Gasteiger partial charge in [-0.2, -0.15) is 4.31 Å². The topological polar surface area (TPSA) is 95.0 Å². The lowest BCUT2D eigenvalue weighted by atomic mass is 9.97. The highest BCUT2D eigenvalue weighted by Gasteiger charge is 2.40. The normalized spacial score (nSPS) is 28.6. The second kappa shape index (κ2) is 5.69. The first kappa shape index (κ1) is 15.2. The Kier molecular flexibility index (Phi) is 4.33. The minimum absolute atomic E-state index is 0.183. The Hall–Kier alpha value is -1.15. The van der Waals surface area contributed by atoms with Crippen LogP contribution in [0.25, 0.3) is 0 Å². The van der Waals surface area contributed by atoms with Crippen molar-refractivity contribution in [3.8, 4) is 0 Å². The molecule has 0 bridgehead atoms. The number of piperidine rings is 1. The Labute approximate surface area is 118 Å². The van der Waals surface area contributed by atoms with Crippen LogP contribution in [-0.4, -0.2) is 66.5 Å². The fraction of sp³-hybridized carbons (Fsp3) is 0.833. The number of nitrogens with zero attached hydrogens (tertiary/aromatic N) is 2. The number of sulfonamides is 1. The van der Waals surface area contributed by atoms with E-state index in [2.05, 4.69) is 0 Å². The average Bonchev–Trinajstić information content (AvgIpc) is 2.87. The van der Waals surface area contributed by atoms with E-state index in [4.69, 9.17) is 5.11 Å². The van der Waals surface area contributed by atoms with Crippen molar-refractivity contribution < 1.29 is 23.1 Å². The highest BCUT2D eigenvalue weighted by molar-refractivity contribution is 7.88. The second-order valence-corrected chi connectivity index (χ2v) is 7.43. The maximum atomic E-state index is 12.5. The number of carboxylic acids is 1. The molecule has 2 atom stereocenters. The number of amides is 1. The van der Waals surface area contributed by atoms with Gasteiger partial charge in [-0.1, -0.05) is 0 Å². The van der Waals surface area contributed by atoms with Crippen molar-refractivity contribution in [1.82, 2.24) is 9.21 Å². The quantitative estimate of drug-likeness (QED) is 0.774. The smallest absolute Gasteiger partial charge is 0.308 e. The summed E-state index contributed by atoms with van der Waals surface area (Å²) >= 11 is 0. The molecule has 2 rings (SSSR count). The van der Waals surface area contributed by atoms with Gasteiger partial charge >= 0.3 is 5.97 Å². The van der Waals surface area contributed by atoms with Gasteiger partial charge in [-0.05, 0) is 25.7 Å². The molecule has 1 N–H and O–H groups in total. The van der Waals surface area contributed by atoms with Crippen molar-refractivity contribution in [3.63, 3.8) is 0 Å². The van der Waals surface area contributed by atoms with E-state index < -0.39 is 28.0 Å². The lowest BCUT2D eigenvalue weighted by molar-refractivity contribution is -0.146. The summed E-state index contributed by atoms with van der Waals surface area (Å²) in [4.78, 5) is 25.0. The van der Waals surface area contributed by atoms with Gasteiger partial charge in [0.1, 0.15) is 6.04 Å². The fourth-order valence-corrected chi connectivity index (χ4v) is 4.09. The molecule has 8 heteroatoms. The summed E-state index contributed by atoms with van der Waals surface area (Å²) in [6.07, 6.45) is 3.50. The van der Waals surface area contributed by atoms with Gasteiger partial charge in [0.05, 0.1) is 12.2 Å². The summed E-state index contributed by atoms with van der Waals surface area (Å²) in [6.45, 7) is 1.06. The van der Waals surface area contributed by atoms with E-state index in [0.717, 1.165) is 6.26 Å². The zero-order valence-corrected chi connectivity index (χ0v) is 12.3. The standard InChI is InChI=1S/C12H20N2O5S/c1-20(18,19)14-7-3-5-10(14)11(15)13-6-2-4-9(8-13)12(16)17/h9-10H,2-8H2,1H3,(H,16,17)/t9-,10+/m1/s1. The van der Waals surface area contributed by atoms with E-state index >= 15 is 0 Å². The van der Waals surface area contributed by atoms with Crippen molar-refractivity contribution >= 4 is 21.9 Å². The third-order valence-corrected chi connectivity index (χ3v) is 5.29. The van der Waals surface area contributed by atoms with Crippen LogP contribution < -0.4 is 0 Å². The summed E-state index contributed by atoms with van der Waals surface area (Å²) in [6, 6.07) is -0.655. The first-order chi connectivity index (χ1) is 9.30. The molecule has 2 heterocycles. The summed E-state index contributed by atoms with van der Waals surface area (Å²) in [7, 11) is -3.40. The number of likely N-dealkylation sites (tertiary alicyclic amines) is 1. The summed E-state index contributed by atoms with van der Waals surface area (Å²) in [5, 5.41) is 9.04. The van der Waals surface area contributed by atoms with Crippen molar-refractivity contribution in [1.29, 1.82) is 0 Å². The van der Waals surface area contributed by atoms with Gasteiger partial charge in [-0.25, -0.2) is 8.42 Å².